The minimum absolute atomic E-state index is 0.243. The Morgan fingerprint density at radius 3 is 2.28 bits per heavy atom. The first-order valence-electron chi connectivity index (χ1n) is 9.63. The molecule has 6 N–H and O–H groups in total. The van der Waals surface area contributed by atoms with Crippen molar-refractivity contribution in [3.8, 4) is 0 Å². The smallest absolute Gasteiger partial charge is 0.308 e. The van der Waals surface area contributed by atoms with Gasteiger partial charge in [0.25, 0.3) is 5.91 Å². The number of carbonyl (C=O) groups excluding carboxylic acids is 1. The third kappa shape index (κ3) is 6.10. The molecule has 0 fully saturated rings. The van der Waals surface area contributed by atoms with E-state index in [1.807, 2.05) is 0 Å². The molecule has 1 amide bonds. The molecule has 0 aliphatic carbocycles. The zero-order valence-corrected chi connectivity index (χ0v) is 17.8. The van der Waals surface area contributed by atoms with Crippen molar-refractivity contribution in [3.63, 3.8) is 0 Å². The van der Waals surface area contributed by atoms with Gasteiger partial charge in [-0.1, -0.05) is 42.5 Å². The molecular weight excluding hydrogens is 428 g/mol. The number of benzene rings is 3. The van der Waals surface area contributed by atoms with Crippen molar-refractivity contribution in [1.82, 2.24) is 0 Å². The molecule has 3 aromatic carbocycles. The van der Waals surface area contributed by atoms with Gasteiger partial charge in [-0.15, -0.1) is 0 Å². The Balaban J connectivity index is 1.80. The Bertz CT molecular complexity index is 1120. The molecular formula is C23H22N4O4S. The second kappa shape index (κ2) is 10.5. The summed E-state index contributed by atoms with van der Waals surface area (Å²) in [5.41, 5.74) is 7.25. The summed E-state index contributed by atoms with van der Waals surface area (Å²) in [5.74, 6) is -1.69. The topological polar surface area (TPSA) is 151 Å². The Morgan fingerprint density at radius 2 is 1.62 bits per heavy atom. The number of carboxylic acids is 1. The van der Waals surface area contributed by atoms with Gasteiger partial charge in [0, 0.05) is 28.6 Å². The fourth-order valence-electron chi connectivity index (χ4n) is 3.10. The molecule has 2 unspecified atom stereocenters. The second-order valence-corrected chi connectivity index (χ2v) is 8.53. The van der Waals surface area contributed by atoms with E-state index in [0.29, 0.717) is 27.4 Å². The zero-order valence-electron chi connectivity index (χ0n) is 16.9. The van der Waals surface area contributed by atoms with Gasteiger partial charge in [-0.25, -0.2) is 0 Å². The molecule has 0 aromatic heterocycles. The standard InChI is InChI=1S/C23H22N4O4S/c24-23(25)27-17-9-4-8-16(12-17)22(30)26-18-10-5-11-19(13-18)32(31)20(14-21(28)29)15-6-2-1-3-7-15/h1-13,20H,14H2,(H,26,30)(H,28,29)(H4,24,25,27). The molecule has 164 valence electrons. The minimum atomic E-state index is -1.65. The van der Waals surface area contributed by atoms with Crippen molar-refractivity contribution in [3.05, 3.63) is 90.0 Å². The summed E-state index contributed by atoms with van der Waals surface area (Å²) in [5, 5.41) is 21.2. The van der Waals surface area contributed by atoms with Gasteiger partial charge in [-0.2, -0.15) is 0 Å². The largest absolute Gasteiger partial charge is 0.611 e. The van der Waals surface area contributed by atoms with Crippen molar-refractivity contribution in [1.29, 1.82) is 5.41 Å². The number of hydrogen-bond acceptors (Lipinski definition) is 4. The number of nitrogens with two attached hydrogens (primary N) is 1. The molecule has 0 saturated carbocycles. The maximum Gasteiger partial charge on any atom is 0.308 e. The number of carboxylic acid groups (broad SMARTS) is 1. The number of hydrogen-bond donors (Lipinski definition) is 5. The van der Waals surface area contributed by atoms with Crippen molar-refractivity contribution >= 4 is 40.4 Å². The molecule has 8 nitrogen and oxygen atoms in total. The van der Waals surface area contributed by atoms with Crippen molar-refractivity contribution in [2.75, 3.05) is 10.6 Å². The molecule has 3 aromatic rings. The van der Waals surface area contributed by atoms with E-state index in [0.717, 1.165) is 0 Å². The Labute approximate surface area is 188 Å². The van der Waals surface area contributed by atoms with Gasteiger partial charge in [-0.3, -0.25) is 15.0 Å². The van der Waals surface area contributed by atoms with Gasteiger partial charge in [0.1, 0.15) is 0 Å². The predicted molar refractivity (Wildman–Crippen MR) is 124 cm³/mol. The highest BCUT2D eigenvalue weighted by molar-refractivity contribution is 7.91. The SMILES string of the molecule is N=C(N)Nc1cccc(C(=O)Nc2cccc([S+]([O-])C(CC(=O)O)c3ccccc3)c2)c1. The highest BCUT2D eigenvalue weighted by atomic mass is 32.2. The number of rotatable bonds is 8. The first kappa shape index (κ1) is 22.9. The quantitative estimate of drug-likeness (QED) is 0.201. The van der Waals surface area contributed by atoms with E-state index in [1.54, 1.807) is 78.9 Å². The summed E-state index contributed by atoms with van der Waals surface area (Å²) in [6.07, 6.45) is -0.289. The minimum Gasteiger partial charge on any atom is -0.611 e. The van der Waals surface area contributed by atoms with Gasteiger partial charge in [0.2, 0.25) is 0 Å². The number of guanidine groups is 1. The molecule has 0 spiro atoms. The number of carbonyl (C=O) groups is 2. The average molecular weight is 451 g/mol. The van der Waals surface area contributed by atoms with E-state index < -0.39 is 28.3 Å². The van der Waals surface area contributed by atoms with Crippen molar-refractivity contribution < 1.29 is 19.2 Å². The number of anilines is 2. The van der Waals surface area contributed by atoms with Crippen LogP contribution in [0.15, 0.2) is 83.8 Å². The number of nitrogens with one attached hydrogen (secondary N) is 3. The third-order valence-electron chi connectivity index (χ3n) is 4.52. The molecule has 0 radical (unpaired) electrons. The maximum absolute atomic E-state index is 13.2. The second-order valence-electron chi connectivity index (χ2n) is 6.90. The fourth-order valence-corrected chi connectivity index (χ4v) is 4.59. The van der Waals surface area contributed by atoms with E-state index in [2.05, 4.69) is 10.6 Å². The summed E-state index contributed by atoms with van der Waals surface area (Å²) in [4.78, 5) is 24.4. The van der Waals surface area contributed by atoms with E-state index in [9.17, 15) is 19.2 Å². The molecule has 0 saturated heterocycles. The van der Waals surface area contributed by atoms with Crippen LogP contribution in [0.3, 0.4) is 0 Å². The Hall–Kier alpha value is -3.82. The van der Waals surface area contributed by atoms with Gasteiger partial charge < -0.3 is 26.0 Å². The zero-order chi connectivity index (χ0) is 23.1. The van der Waals surface area contributed by atoms with Gasteiger partial charge in [0.15, 0.2) is 16.1 Å². The lowest BCUT2D eigenvalue weighted by Gasteiger charge is -2.21. The van der Waals surface area contributed by atoms with Gasteiger partial charge in [0.05, 0.1) is 6.42 Å². The fraction of sp³-hybridized carbons (Fsp3) is 0.0870. The van der Waals surface area contributed by atoms with Crippen molar-refractivity contribution in [2.45, 2.75) is 16.6 Å². The first-order valence-corrected chi connectivity index (χ1v) is 10.8. The van der Waals surface area contributed by atoms with Crippen LogP contribution in [-0.4, -0.2) is 27.5 Å². The molecule has 3 rings (SSSR count). The van der Waals surface area contributed by atoms with Crippen LogP contribution in [0.5, 0.6) is 0 Å². The van der Waals surface area contributed by atoms with Crippen molar-refractivity contribution in [2.24, 2.45) is 5.73 Å². The molecule has 2 atom stereocenters. The van der Waals surface area contributed by atoms with E-state index >= 15 is 0 Å². The monoisotopic (exact) mass is 450 g/mol. The lowest BCUT2D eigenvalue weighted by molar-refractivity contribution is -0.137. The molecule has 0 heterocycles. The van der Waals surface area contributed by atoms with Gasteiger partial charge >= 0.3 is 5.97 Å². The molecule has 0 bridgehead atoms. The van der Waals surface area contributed by atoms with Crippen LogP contribution in [0.1, 0.15) is 27.6 Å². The predicted octanol–water partition coefficient (Wildman–Crippen LogP) is 3.57. The Morgan fingerprint density at radius 1 is 0.969 bits per heavy atom. The molecule has 0 aliphatic heterocycles. The lowest BCUT2D eigenvalue weighted by Crippen LogP contribution is -2.21. The number of amides is 1. The molecule has 9 heteroatoms. The van der Waals surface area contributed by atoms with Crippen LogP contribution < -0.4 is 16.4 Å². The normalized spacial score (nSPS) is 12.4. The summed E-state index contributed by atoms with van der Waals surface area (Å²) in [6, 6.07) is 21.9. The summed E-state index contributed by atoms with van der Waals surface area (Å²) < 4.78 is 13.2. The summed E-state index contributed by atoms with van der Waals surface area (Å²) >= 11 is -1.65. The van der Waals surface area contributed by atoms with E-state index in [4.69, 9.17) is 11.1 Å². The van der Waals surface area contributed by atoms with Crippen LogP contribution in [0, 0.1) is 5.41 Å². The van der Waals surface area contributed by atoms with Gasteiger partial charge in [-0.05, 0) is 41.5 Å². The van der Waals surface area contributed by atoms with Crippen LogP contribution in [0.2, 0.25) is 0 Å². The van der Waals surface area contributed by atoms with Crippen LogP contribution >= 0.6 is 0 Å². The highest BCUT2D eigenvalue weighted by Gasteiger charge is 2.29. The summed E-state index contributed by atoms with van der Waals surface area (Å²) in [6.45, 7) is 0. The van der Waals surface area contributed by atoms with Crippen LogP contribution in [-0.2, 0) is 16.0 Å². The average Bonchev–Trinajstić information content (AvgIpc) is 2.77. The maximum atomic E-state index is 13.2. The highest BCUT2D eigenvalue weighted by Crippen LogP contribution is 2.33. The van der Waals surface area contributed by atoms with E-state index in [1.165, 1.54) is 0 Å². The molecule has 32 heavy (non-hydrogen) atoms. The molecule has 0 aliphatic rings. The Kier molecular flexibility index (Phi) is 7.48. The van der Waals surface area contributed by atoms with Crippen LogP contribution in [0.4, 0.5) is 11.4 Å². The third-order valence-corrected chi connectivity index (χ3v) is 6.19. The van der Waals surface area contributed by atoms with Crippen LogP contribution in [0.25, 0.3) is 0 Å². The number of aliphatic carboxylic acids is 1. The van der Waals surface area contributed by atoms with E-state index in [-0.39, 0.29) is 12.4 Å². The first-order chi connectivity index (χ1) is 15.3. The lowest BCUT2D eigenvalue weighted by atomic mass is 10.1. The summed E-state index contributed by atoms with van der Waals surface area (Å²) in [7, 11) is 0.